The summed E-state index contributed by atoms with van der Waals surface area (Å²) in [6, 6.07) is 5.13. The molecule has 0 fully saturated rings. The first-order chi connectivity index (χ1) is 11.2. The van der Waals surface area contributed by atoms with Crippen LogP contribution in [0, 0.1) is 6.92 Å². The molecule has 0 aliphatic rings. The van der Waals surface area contributed by atoms with Gasteiger partial charge in [0.25, 0.3) is 0 Å². The van der Waals surface area contributed by atoms with E-state index in [1.165, 1.54) is 13.3 Å². The van der Waals surface area contributed by atoms with Gasteiger partial charge in [-0.05, 0) is 30.7 Å². The summed E-state index contributed by atoms with van der Waals surface area (Å²) in [6.45, 7) is 1.81. The maximum absolute atomic E-state index is 13.2. The van der Waals surface area contributed by atoms with Crippen LogP contribution >= 0.6 is 11.3 Å². The van der Waals surface area contributed by atoms with E-state index in [4.69, 9.17) is 9.84 Å². The first-order valence-corrected chi connectivity index (χ1v) is 7.51. The lowest BCUT2D eigenvalue weighted by Gasteiger charge is -2.07. The van der Waals surface area contributed by atoms with Gasteiger partial charge < -0.3 is 9.84 Å². The normalized spacial score (nSPS) is 11.9. The zero-order valence-corrected chi connectivity index (χ0v) is 13.3. The molecule has 126 valence electrons. The summed E-state index contributed by atoms with van der Waals surface area (Å²) in [6.07, 6.45) is -3.60. The fraction of sp³-hybridized carbons (Fsp3) is 0.200. The monoisotopic (exact) mass is 356 g/mol. The van der Waals surface area contributed by atoms with Crippen molar-refractivity contribution in [2.24, 2.45) is 0 Å². The second-order valence-electron chi connectivity index (χ2n) is 5.05. The molecule has 2 aromatic heterocycles. The van der Waals surface area contributed by atoms with E-state index >= 15 is 0 Å². The number of carboxylic acids is 1. The molecule has 0 amide bonds. The Kier molecular flexibility index (Phi) is 3.75. The largest absolute Gasteiger partial charge is 0.496 e. The molecule has 1 N–H and O–H groups in total. The molecule has 1 aromatic carbocycles. The minimum Gasteiger partial charge on any atom is -0.496 e. The van der Waals surface area contributed by atoms with Crippen LogP contribution in [0.1, 0.15) is 20.9 Å². The number of aromatic nitrogens is 2. The van der Waals surface area contributed by atoms with Crippen molar-refractivity contribution >= 4 is 22.3 Å². The quantitative estimate of drug-likeness (QED) is 0.767. The van der Waals surface area contributed by atoms with Gasteiger partial charge in [-0.2, -0.15) is 13.2 Å². The molecule has 9 heteroatoms. The summed E-state index contributed by atoms with van der Waals surface area (Å²) in [5, 5.41) is 8.98. The van der Waals surface area contributed by atoms with Crippen molar-refractivity contribution in [3.05, 3.63) is 40.5 Å². The molecule has 5 nitrogen and oxygen atoms in total. The Balaban J connectivity index is 2.18. The van der Waals surface area contributed by atoms with E-state index in [1.807, 2.05) is 6.92 Å². The second-order valence-corrected chi connectivity index (χ2v) is 6.02. The zero-order valence-electron chi connectivity index (χ0n) is 12.5. The van der Waals surface area contributed by atoms with Crippen LogP contribution in [-0.4, -0.2) is 27.6 Å². The van der Waals surface area contributed by atoms with E-state index < -0.39 is 22.7 Å². The van der Waals surface area contributed by atoms with Crippen LogP contribution in [-0.2, 0) is 6.18 Å². The lowest BCUT2D eigenvalue weighted by atomic mass is 10.1. The van der Waals surface area contributed by atoms with Crippen molar-refractivity contribution in [1.82, 2.24) is 9.38 Å². The van der Waals surface area contributed by atoms with Crippen LogP contribution in [0.15, 0.2) is 24.4 Å². The highest BCUT2D eigenvalue weighted by Crippen LogP contribution is 2.38. The van der Waals surface area contributed by atoms with Crippen LogP contribution in [0.3, 0.4) is 0 Å². The van der Waals surface area contributed by atoms with Crippen LogP contribution in [0.4, 0.5) is 13.2 Å². The number of benzene rings is 1. The number of aryl methyl sites for hydroxylation is 1. The first kappa shape index (κ1) is 16.3. The van der Waals surface area contributed by atoms with Crippen molar-refractivity contribution in [3.8, 4) is 17.0 Å². The Morgan fingerprint density at radius 3 is 2.62 bits per heavy atom. The number of nitrogens with zero attached hydrogens (tertiary/aromatic N) is 2. The second kappa shape index (κ2) is 5.52. The first-order valence-electron chi connectivity index (χ1n) is 6.69. The number of imidazole rings is 1. The standard InChI is InChI=1S/C15H11F3N2O3S/c1-7-5-8(3-4-10(7)23-2)9-6-20-12(15(16,17)18)11(13(21)22)24-14(20)19-9/h3-6H,1-2H3,(H,21,22). The van der Waals surface area contributed by atoms with Gasteiger partial charge in [0.1, 0.15) is 10.6 Å². The smallest absolute Gasteiger partial charge is 0.433 e. The van der Waals surface area contributed by atoms with Gasteiger partial charge in [-0.3, -0.25) is 4.40 Å². The van der Waals surface area contributed by atoms with Gasteiger partial charge in [-0.1, -0.05) is 11.3 Å². The average molecular weight is 356 g/mol. The van der Waals surface area contributed by atoms with Gasteiger partial charge in [-0.15, -0.1) is 0 Å². The van der Waals surface area contributed by atoms with Crippen molar-refractivity contribution in [2.45, 2.75) is 13.1 Å². The molecule has 0 saturated carbocycles. The predicted octanol–water partition coefficient (Wildman–Crippen LogP) is 4.10. The molecular weight excluding hydrogens is 345 g/mol. The van der Waals surface area contributed by atoms with Crippen molar-refractivity contribution < 1.29 is 27.8 Å². The Morgan fingerprint density at radius 2 is 2.08 bits per heavy atom. The van der Waals surface area contributed by atoms with E-state index in [9.17, 15) is 18.0 Å². The highest BCUT2D eigenvalue weighted by atomic mass is 32.1. The number of carboxylic acid groups (broad SMARTS) is 1. The SMILES string of the molecule is COc1ccc(-c2cn3c(C(F)(F)F)c(C(=O)O)sc3n2)cc1C. The molecule has 3 aromatic rings. The highest BCUT2D eigenvalue weighted by molar-refractivity contribution is 7.19. The molecular formula is C15H11F3N2O3S. The summed E-state index contributed by atoms with van der Waals surface area (Å²) in [5.41, 5.74) is 0.538. The third-order valence-corrected chi connectivity index (χ3v) is 4.52. The number of methoxy groups -OCH3 is 1. The summed E-state index contributed by atoms with van der Waals surface area (Å²) < 4.78 is 45.6. The Bertz CT molecular complexity index is 943. The van der Waals surface area contributed by atoms with Crippen molar-refractivity contribution in [3.63, 3.8) is 0 Å². The summed E-state index contributed by atoms with van der Waals surface area (Å²) >= 11 is 0.494. The number of ether oxygens (including phenoxy) is 1. The van der Waals surface area contributed by atoms with E-state index in [-0.39, 0.29) is 4.96 Å². The van der Waals surface area contributed by atoms with Crippen LogP contribution < -0.4 is 4.74 Å². The van der Waals surface area contributed by atoms with Crippen LogP contribution in [0.25, 0.3) is 16.2 Å². The number of rotatable bonds is 3. The van der Waals surface area contributed by atoms with Crippen molar-refractivity contribution in [2.75, 3.05) is 7.11 Å². The molecule has 0 spiro atoms. The van der Waals surface area contributed by atoms with E-state index in [2.05, 4.69) is 4.98 Å². The lowest BCUT2D eigenvalue weighted by molar-refractivity contribution is -0.142. The number of thiazole rings is 1. The van der Waals surface area contributed by atoms with Gasteiger partial charge in [0.2, 0.25) is 0 Å². The Morgan fingerprint density at radius 1 is 1.38 bits per heavy atom. The fourth-order valence-electron chi connectivity index (χ4n) is 2.43. The van der Waals surface area contributed by atoms with Crippen LogP contribution in [0.5, 0.6) is 5.75 Å². The lowest BCUT2D eigenvalue weighted by Crippen LogP contribution is -2.13. The molecule has 0 bridgehead atoms. The van der Waals surface area contributed by atoms with E-state index in [1.54, 1.807) is 18.2 Å². The number of carbonyl (C=O) groups is 1. The molecule has 0 unspecified atom stereocenters. The van der Waals surface area contributed by atoms with Crippen LogP contribution in [0.2, 0.25) is 0 Å². The Hall–Kier alpha value is -2.55. The minimum absolute atomic E-state index is 0.0248. The summed E-state index contributed by atoms with van der Waals surface area (Å²) in [7, 11) is 1.53. The topological polar surface area (TPSA) is 63.8 Å². The van der Waals surface area contributed by atoms with Gasteiger partial charge >= 0.3 is 12.1 Å². The molecule has 0 atom stereocenters. The van der Waals surface area contributed by atoms with E-state index in [0.717, 1.165) is 9.96 Å². The molecule has 3 rings (SSSR count). The maximum Gasteiger partial charge on any atom is 0.433 e. The minimum atomic E-state index is -4.79. The maximum atomic E-state index is 13.2. The molecule has 24 heavy (non-hydrogen) atoms. The molecule has 2 heterocycles. The number of fused-ring (bicyclic) bond motifs is 1. The van der Waals surface area contributed by atoms with Crippen molar-refractivity contribution in [1.29, 1.82) is 0 Å². The number of aromatic carboxylic acids is 1. The summed E-state index contributed by atoms with van der Waals surface area (Å²) in [5.74, 6) is -0.969. The number of alkyl halides is 3. The van der Waals surface area contributed by atoms with E-state index in [0.29, 0.717) is 28.3 Å². The Labute approximate surface area is 137 Å². The zero-order chi connectivity index (χ0) is 17.6. The number of hydrogen-bond donors (Lipinski definition) is 1. The third-order valence-electron chi connectivity index (χ3n) is 3.48. The average Bonchev–Trinajstić information content (AvgIpc) is 3.03. The van der Waals surface area contributed by atoms with Gasteiger partial charge in [0.15, 0.2) is 10.7 Å². The molecule has 0 aliphatic heterocycles. The molecule has 0 saturated heterocycles. The fourth-order valence-corrected chi connectivity index (χ4v) is 3.40. The predicted molar refractivity (Wildman–Crippen MR) is 81.8 cm³/mol. The summed E-state index contributed by atoms with van der Waals surface area (Å²) in [4.78, 5) is 14.4. The molecule has 0 radical (unpaired) electrons. The van der Waals surface area contributed by atoms with Gasteiger partial charge in [0, 0.05) is 11.8 Å². The number of hydrogen-bond acceptors (Lipinski definition) is 4. The van der Waals surface area contributed by atoms with Gasteiger partial charge in [-0.25, -0.2) is 9.78 Å². The highest BCUT2D eigenvalue weighted by Gasteiger charge is 2.40. The molecule has 0 aliphatic carbocycles. The third kappa shape index (κ3) is 2.60. The van der Waals surface area contributed by atoms with Gasteiger partial charge in [0.05, 0.1) is 12.8 Å². The number of halogens is 3.